The highest BCUT2D eigenvalue weighted by atomic mass is 32.2. The zero-order valence-electron chi connectivity index (χ0n) is 15.2. The van der Waals surface area contributed by atoms with Crippen LogP contribution >= 0.6 is 0 Å². The van der Waals surface area contributed by atoms with Crippen LogP contribution in [0.5, 0.6) is 0 Å². The number of carbonyl (C=O) groups excluding carboxylic acids is 1. The van der Waals surface area contributed by atoms with Gasteiger partial charge >= 0.3 is 5.97 Å². The van der Waals surface area contributed by atoms with Crippen LogP contribution in [0.3, 0.4) is 0 Å². The first-order valence-corrected chi connectivity index (χ1v) is 10.3. The van der Waals surface area contributed by atoms with E-state index >= 15 is 0 Å². The molecule has 0 aliphatic carbocycles. The fourth-order valence-corrected chi connectivity index (χ4v) is 4.42. The van der Waals surface area contributed by atoms with E-state index in [1.807, 2.05) is 12.1 Å². The number of pyridine rings is 1. The quantitative estimate of drug-likeness (QED) is 0.701. The summed E-state index contributed by atoms with van der Waals surface area (Å²) in [6, 6.07) is 9.84. The van der Waals surface area contributed by atoms with Gasteiger partial charge in [0.25, 0.3) is 0 Å². The molecule has 0 amide bonds. The summed E-state index contributed by atoms with van der Waals surface area (Å²) in [6.07, 6.45) is 3.52. The first-order chi connectivity index (χ1) is 13.0. The Morgan fingerprint density at radius 3 is 2.26 bits per heavy atom. The maximum Gasteiger partial charge on any atom is 0.338 e. The lowest BCUT2D eigenvalue weighted by Crippen LogP contribution is -2.48. The van der Waals surface area contributed by atoms with Crippen LogP contribution < -0.4 is 0 Å². The summed E-state index contributed by atoms with van der Waals surface area (Å²) < 4.78 is 32.1. The topological polar surface area (TPSA) is 79.8 Å². The van der Waals surface area contributed by atoms with E-state index in [2.05, 4.69) is 9.88 Å². The predicted molar refractivity (Wildman–Crippen MR) is 101 cm³/mol. The molecule has 7 nitrogen and oxygen atoms in total. The van der Waals surface area contributed by atoms with Gasteiger partial charge in [0.05, 0.1) is 17.1 Å². The molecule has 1 aliphatic rings. The normalized spacial score (nSPS) is 16.2. The van der Waals surface area contributed by atoms with E-state index < -0.39 is 16.0 Å². The van der Waals surface area contributed by atoms with Gasteiger partial charge in [-0.2, -0.15) is 4.31 Å². The van der Waals surface area contributed by atoms with Gasteiger partial charge in [0, 0.05) is 45.1 Å². The van der Waals surface area contributed by atoms with Crippen molar-refractivity contribution in [1.29, 1.82) is 0 Å². The minimum Gasteiger partial charge on any atom is -0.462 e. The molecule has 0 spiro atoms. The molecule has 1 aromatic carbocycles. The number of hydrogen-bond donors (Lipinski definition) is 0. The Balaban J connectivity index is 1.62. The lowest BCUT2D eigenvalue weighted by atomic mass is 10.2. The van der Waals surface area contributed by atoms with Gasteiger partial charge in [-0.3, -0.25) is 9.88 Å². The molecule has 0 bridgehead atoms. The number of aromatic nitrogens is 1. The summed E-state index contributed by atoms with van der Waals surface area (Å²) in [4.78, 5) is 18.1. The van der Waals surface area contributed by atoms with Crippen molar-refractivity contribution in [3.05, 3.63) is 59.9 Å². The molecule has 0 radical (unpaired) electrons. The maximum absolute atomic E-state index is 12.8. The van der Waals surface area contributed by atoms with Crippen LogP contribution in [0.1, 0.15) is 22.8 Å². The van der Waals surface area contributed by atoms with Gasteiger partial charge in [0.15, 0.2) is 0 Å². The second-order valence-corrected chi connectivity index (χ2v) is 8.22. The average Bonchev–Trinajstić information content (AvgIpc) is 2.69. The molecule has 0 atom stereocenters. The summed E-state index contributed by atoms with van der Waals surface area (Å²) in [5, 5.41) is 0. The Hall–Kier alpha value is -2.29. The van der Waals surface area contributed by atoms with E-state index in [4.69, 9.17) is 4.74 Å². The molecule has 0 saturated carbocycles. The van der Waals surface area contributed by atoms with Gasteiger partial charge < -0.3 is 4.74 Å². The first-order valence-electron chi connectivity index (χ1n) is 8.89. The summed E-state index contributed by atoms with van der Waals surface area (Å²) in [7, 11) is -3.57. The number of ether oxygens (including phenoxy) is 1. The second-order valence-electron chi connectivity index (χ2n) is 6.28. The Bertz CT molecular complexity index is 862. The standard InChI is InChI=1S/C19H23N3O4S/c1-2-26-19(23)17-3-5-18(6-4-17)27(24,25)22-13-11-21(12-14-22)15-16-7-9-20-10-8-16/h3-10H,2,11-15H2,1H3. The molecular formula is C19H23N3O4S. The Kier molecular flexibility index (Phi) is 6.20. The monoisotopic (exact) mass is 389 g/mol. The molecule has 1 aromatic heterocycles. The van der Waals surface area contributed by atoms with Gasteiger partial charge in [-0.25, -0.2) is 13.2 Å². The Morgan fingerprint density at radius 2 is 1.67 bits per heavy atom. The van der Waals surface area contributed by atoms with Gasteiger partial charge in [0.1, 0.15) is 0 Å². The number of piperazine rings is 1. The zero-order valence-corrected chi connectivity index (χ0v) is 16.1. The number of hydrogen-bond acceptors (Lipinski definition) is 6. The molecule has 1 fully saturated rings. The fraction of sp³-hybridized carbons (Fsp3) is 0.368. The maximum atomic E-state index is 12.8. The summed E-state index contributed by atoms with van der Waals surface area (Å²) in [5.74, 6) is -0.453. The molecule has 0 unspecified atom stereocenters. The summed E-state index contributed by atoms with van der Waals surface area (Å²) in [6.45, 7) is 5.00. The Labute approximate surface area is 159 Å². The van der Waals surface area contributed by atoms with Crippen molar-refractivity contribution in [1.82, 2.24) is 14.2 Å². The second kappa shape index (κ2) is 8.60. The van der Waals surface area contributed by atoms with Gasteiger partial charge in [-0.1, -0.05) is 0 Å². The molecule has 2 heterocycles. The predicted octanol–water partition coefficient (Wildman–Crippen LogP) is 1.76. The summed E-state index contributed by atoms with van der Waals surface area (Å²) >= 11 is 0. The Morgan fingerprint density at radius 1 is 1.04 bits per heavy atom. The largest absolute Gasteiger partial charge is 0.462 e. The molecular weight excluding hydrogens is 366 g/mol. The van der Waals surface area contributed by atoms with Crippen molar-refractivity contribution in [2.24, 2.45) is 0 Å². The van der Waals surface area contributed by atoms with E-state index in [0.29, 0.717) is 31.7 Å². The molecule has 0 N–H and O–H groups in total. The molecule has 8 heteroatoms. The van der Waals surface area contributed by atoms with Crippen LogP contribution in [0.15, 0.2) is 53.7 Å². The minimum atomic E-state index is -3.57. The molecule has 27 heavy (non-hydrogen) atoms. The molecule has 144 valence electrons. The van der Waals surface area contributed by atoms with Crippen molar-refractivity contribution >= 4 is 16.0 Å². The van der Waals surface area contributed by atoms with Crippen LogP contribution in [0.4, 0.5) is 0 Å². The number of esters is 1. The van der Waals surface area contributed by atoms with Crippen molar-refractivity contribution in [3.63, 3.8) is 0 Å². The minimum absolute atomic E-state index is 0.193. The van der Waals surface area contributed by atoms with Gasteiger partial charge in [-0.15, -0.1) is 0 Å². The van der Waals surface area contributed by atoms with Crippen molar-refractivity contribution in [2.45, 2.75) is 18.4 Å². The number of rotatable bonds is 6. The van der Waals surface area contributed by atoms with E-state index in [9.17, 15) is 13.2 Å². The zero-order chi connectivity index (χ0) is 19.3. The van der Waals surface area contributed by atoms with E-state index in [-0.39, 0.29) is 11.5 Å². The van der Waals surface area contributed by atoms with Gasteiger partial charge in [-0.05, 0) is 48.9 Å². The van der Waals surface area contributed by atoms with Crippen molar-refractivity contribution in [2.75, 3.05) is 32.8 Å². The number of nitrogens with zero attached hydrogens (tertiary/aromatic N) is 3. The highest BCUT2D eigenvalue weighted by Gasteiger charge is 2.28. The number of benzene rings is 1. The summed E-state index contributed by atoms with van der Waals surface area (Å²) in [5.41, 5.74) is 1.51. The third kappa shape index (κ3) is 4.71. The third-order valence-corrected chi connectivity index (χ3v) is 6.40. The van der Waals surface area contributed by atoms with Crippen LogP contribution in [0, 0.1) is 0 Å². The average molecular weight is 389 g/mol. The van der Waals surface area contributed by atoms with Crippen LogP contribution in [0.25, 0.3) is 0 Å². The number of sulfonamides is 1. The highest BCUT2D eigenvalue weighted by molar-refractivity contribution is 7.89. The molecule has 1 aliphatic heterocycles. The lowest BCUT2D eigenvalue weighted by molar-refractivity contribution is 0.0526. The van der Waals surface area contributed by atoms with Gasteiger partial charge in [0.2, 0.25) is 10.0 Å². The van der Waals surface area contributed by atoms with Crippen LogP contribution in [0.2, 0.25) is 0 Å². The molecule has 3 rings (SSSR count). The SMILES string of the molecule is CCOC(=O)c1ccc(S(=O)(=O)N2CCN(Cc3ccncc3)CC2)cc1. The van der Waals surface area contributed by atoms with Crippen LogP contribution in [-0.2, 0) is 21.3 Å². The van der Waals surface area contributed by atoms with E-state index in [0.717, 1.165) is 12.1 Å². The van der Waals surface area contributed by atoms with Crippen LogP contribution in [-0.4, -0.2) is 61.4 Å². The first kappa shape index (κ1) is 19.5. The molecule has 2 aromatic rings. The highest BCUT2D eigenvalue weighted by Crippen LogP contribution is 2.19. The fourth-order valence-electron chi connectivity index (χ4n) is 3.00. The number of carbonyl (C=O) groups is 1. The van der Waals surface area contributed by atoms with Crippen molar-refractivity contribution in [3.8, 4) is 0 Å². The van der Waals surface area contributed by atoms with Crippen molar-refractivity contribution < 1.29 is 17.9 Å². The smallest absolute Gasteiger partial charge is 0.338 e. The van der Waals surface area contributed by atoms with E-state index in [1.165, 1.54) is 28.6 Å². The third-order valence-electron chi connectivity index (χ3n) is 4.49. The van der Waals surface area contributed by atoms with E-state index in [1.54, 1.807) is 19.3 Å². The lowest BCUT2D eigenvalue weighted by Gasteiger charge is -2.34. The molecule has 1 saturated heterocycles.